The van der Waals surface area contributed by atoms with Gasteiger partial charge in [-0.1, -0.05) is 36.5 Å². The Morgan fingerprint density at radius 1 is 1.22 bits per heavy atom. The van der Waals surface area contributed by atoms with Gasteiger partial charge in [-0.25, -0.2) is 4.98 Å². The molecule has 0 radical (unpaired) electrons. The van der Waals surface area contributed by atoms with Crippen molar-refractivity contribution in [1.29, 1.82) is 0 Å². The number of carbonyl (C=O) groups is 1. The number of rotatable bonds is 3. The predicted molar refractivity (Wildman–Crippen MR) is 75.8 cm³/mol. The van der Waals surface area contributed by atoms with E-state index in [4.69, 9.17) is 17.3 Å². The van der Waals surface area contributed by atoms with Crippen molar-refractivity contribution >= 4 is 36.1 Å². The summed E-state index contributed by atoms with van der Waals surface area (Å²) in [6, 6.07) is 10.6. The predicted octanol–water partition coefficient (Wildman–Crippen LogP) is 2.76. The molecule has 6 heteroatoms. The summed E-state index contributed by atoms with van der Waals surface area (Å²) in [7, 11) is 0. The number of nitrogens with one attached hydrogen (secondary N) is 1. The summed E-state index contributed by atoms with van der Waals surface area (Å²) >= 11 is 9.73. The summed E-state index contributed by atoms with van der Waals surface area (Å²) in [6.07, 6.45) is 0. The molecule has 1 heterocycles. The average molecular weight is 280 g/mol. The first-order valence-corrected chi connectivity index (χ1v) is 5.91. The van der Waals surface area contributed by atoms with Crippen LogP contribution in [0.5, 0.6) is 0 Å². The maximum Gasteiger partial charge on any atom is 0.252 e. The fourth-order valence-corrected chi connectivity index (χ4v) is 1.82. The highest BCUT2D eigenvalue weighted by Gasteiger charge is 2.10. The molecule has 2 rings (SSSR count). The van der Waals surface area contributed by atoms with Crippen molar-refractivity contribution in [2.75, 3.05) is 4.72 Å². The lowest BCUT2D eigenvalue weighted by atomic mass is 10.1. The summed E-state index contributed by atoms with van der Waals surface area (Å²) in [5.74, 6) is -0.222. The van der Waals surface area contributed by atoms with E-state index >= 15 is 0 Å². The van der Waals surface area contributed by atoms with Crippen LogP contribution in [0.2, 0.25) is 5.02 Å². The van der Waals surface area contributed by atoms with Crippen LogP contribution in [-0.4, -0.2) is 10.9 Å². The molecular weight excluding hydrogens is 270 g/mol. The molecule has 18 heavy (non-hydrogen) atoms. The van der Waals surface area contributed by atoms with Crippen molar-refractivity contribution in [2.45, 2.75) is 0 Å². The molecule has 0 atom stereocenters. The van der Waals surface area contributed by atoms with Crippen LogP contribution in [0.4, 0.5) is 5.82 Å². The topological polar surface area (TPSA) is 68.0 Å². The van der Waals surface area contributed by atoms with Gasteiger partial charge in [0.05, 0.1) is 11.3 Å². The zero-order chi connectivity index (χ0) is 13.1. The average Bonchev–Trinajstić information content (AvgIpc) is 2.38. The first-order chi connectivity index (χ1) is 8.61. The van der Waals surface area contributed by atoms with E-state index in [1.54, 1.807) is 24.3 Å². The minimum Gasteiger partial charge on any atom is -0.365 e. The number of thiol groups is 1. The van der Waals surface area contributed by atoms with Crippen molar-refractivity contribution in [3.8, 4) is 11.3 Å². The number of halogens is 1. The first-order valence-electron chi connectivity index (χ1n) is 5.08. The molecule has 0 saturated heterocycles. The van der Waals surface area contributed by atoms with Gasteiger partial charge in [0.2, 0.25) is 0 Å². The molecule has 1 amide bonds. The molecular formula is C12H10ClN3OS. The lowest BCUT2D eigenvalue weighted by Crippen LogP contribution is -2.13. The molecule has 0 spiro atoms. The van der Waals surface area contributed by atoms with Gasteiger partial charge in [-0.05, 0) is 24.3 Å². The molecule has 0 aliphatic rings. The molecule has 0 bridgehead atoms. The second-order valence-corrected chi connectivity index (χ2v) is 4.24. The highest BCUT2D eigenvalue weighted by Crippen LogP contribution is 2.23. The standard InChI is InChI=1S/C12H10ClN3OS/c13-8-3-1-7(2-4-8)10-6-5-9(11(14)17)12(15-10)16-18/h1-6,18H,(H2,14,17)(H,15,16). The van der Waals surface area contributed by atoms with Crippen molar-refractivity contribution in [3.05, 3.63) is 47.0 Å². The summed E-state index contributed by atoms with van der Waals surface area (Å²) in [4.78, 5) is 15.4. The van der Waals surface area contributed by atoms with Crippen molar-refractivity contribution in [1.82, 2.24) is 4.98 Å². The lowest BCUT2D eigenvalue weighted by molar-refractivity contribution is 0.100. The number of amides is 1. The third-order valence-corrected chi connectivity index (χ3v) is 2.87. The van der Waals surface area contributed by atoms with Gasteiger partial charge in [0, 0.05) is 10.6 Å². The molecule has 0 aliphatic carbocycles. The molecule has 2 aromatic rings. The maximum absolute atomic E-state index is 11.2. The van der Waals surface area contributed by atoms with E-state index in [1.807, 2.05) is 12.1 Å². The zero-order valence-corrected chi connectivity index (χ0v) is 10.9. The number of pyridine rings is 1. The number of nitrogens with two attached hydrogens (primary N) is 1. The van der Waals surface area contributed by atoms with Gasteiger partial charge in [0.25, 0.3) is 5.91 Å². The highest BCUT2D eigenvalue weighted by molar-refractivity contribution is 7.81. The molecule has 1 aromatic heterocycles. The number of carbonyl (C=O) groups excluding carboxylic acids is 1. The fraction of sp³-hybridized carbons (Fsp3) is 0. The van der Waals surface area contributed by atoms with Gasteiger partial charge in [-0.15, -0.1) is 0 Å². The van der Waals surface area contributed by atoms with Gasteiger partial charge in [0.15, 0.2) is 0 Å². The Balaban J connectivity index is 2.47. The molecule has 92 valence electrons. The number of nitrogens with zero attached hydrogens (tertiary/aromatic N) is 1. The quantitative estimate of drug-likeness (QED) is 0.757. The van der Waals surface area contributed by atoms with Crippen LogP contribution in [0.3, 0.4) is 0 Å². The minimum absolute atomic E-state index is 0.294. The summed E-state index contributed by atoms with van der Waals surface area (Å²) < 4.78 is 2.55. The van der Waals surface area contributed by atoms with Crippen LogP contribution in [0, 0.1) is 0 Å². The molecule has 1 aromatic carbocycles. The van der Waals surface area contributed by atoms with Crippen LogP contribution in [0.25, 0.3) is 11.3 Å². The van der Waals surface area contributed by atoms with Crippen molar-refractivity contribution in [2.24, 2.45) is 5.73 Å². The van der Waals surface area contributed by atoms with E-state index in [0.717, 1.165) is 5.56 Å². The van der Waals surface area contributed by atoms with Crippen molar-refractivity contribution in [3.63, 3.8) is 0 Å². The summed E-state index contributed by atoms with van der Waals surface area (Å²) in [5, 5.41) is 0.653. The molecule has 0 saturated carbocycles. The van der Waals surface area contributed by atoms with E-state index in [9.17, 15) is 4.79 Å². The minimum atomic E-state index is -0.554. The van der Waals surface area contributed by atoms with Crippen LogP contribution in [0.15, 0.2) is 36.4 Å². The number of hydrogen-bond donors (Lipinski definition) is 3. The monoisotopic (exact) mass is 279 g/mol. The van der Waals surface area contributed by atoms with E-state index in [1.165, 1.54) is 0 Å². The van der Waals surface area contributed by atoms with Gasteiger partial charge in [-0.3, -0.25) is 4.79 Å². The second kappa shape index (κ2) is 5.29. The number of anilines is 1. The Morgan fingerprint density at radius 3 is 2.44 bits per heavy atom. The Kier molecular flexibility index (Phi) is 3.74. The molecule has 3 N–H and O–H groups in total. The van der Waals surface area contributed by atoms with E-state index in [2.05, 4.69) is 22.5 Å². The van der Waals surface area contributed by atoms with Gasteiger partial charge >= 0.3 is 0 Å². The zero-order valence-electron chi connectivity index (χ0n) is 9.22. The van der Waals surface area contributed by atoms with E-state index in [-0.39, 0.29) is 0 Å². The second-order valence-electron chi connectivity index (χ2n) is 3.58. The summed E-state index contributed by atoms with van der Waals surface area (Å²) in [6.45, 7) is 0. The lowest BCUT2D eigenvalue weighted by Gasteiger charge is -2.07. The van der Waals surface area contributed by atoms with Crippen molar-refractivity contribution < 1.29 is 4.79 Å². The first kappa shape index (κ1) is 12.7. The number of benzene rings is 1. The van der Waals surface area contributed by atoms with E-state index in [0.29, 0.717) is 22.1 Å². The normalized spacial score (nSPS) is 10.1. The molecule has 0 fully saturated rings. The third kappa shape index (κ3) is 2.57. The molecule has 0 aliphatic heterocycles. The SMILES string of the molecule is NC(=O)c1ccc(-c2ccc(Cl)cc2)nc1NS. The highest BCUT2D eigenvalue weighted by atomic mass is 35.5. The van der Waals surface area contributed by atoms with Gasteiger partial charge in [-0.2, -0.15) is 0 Å². The largest absolute Gasteiger partial charge is 0.365 e. The van der Waals surface area contributed by atoms with Crippen LogP contribution in [-0.2, 0) is 0 Å². The summed E-state index contributed by atoms with van der Waals surface area (Å²) in [5.41, 5.74) is 7.11. The Hall–Kier alpha value is -1.72. The molecule has 0 unspecified atom stereocenters. The fourth-order valence-electron chi connectivity index (χ4n) is 1.52. The Bertz CT molecular complexity index is 586. The Labute approximate surface area is 115 Å². The smallest absolute Gasteiger partial charge is 0.252 e. The van der Waals surface area contributed by atoms with Crippen LogP contribution < -0.4 is 10.5 Å². The van der Waals surface area contributed by atoms with Crippen LogP contribution in [0.1, 0.15) is 10.4 Å². The van der Waals surface area contributed by atoms with E-state index < -0.39 is 5.91 Å². The third-order valence-electron chi connectivity index (χ3n) is 2.41. The number of aromatic nitrogens is 1. The number of primary amides is 1. The number of hydrogen-bond acceptors (Lipinski definition) is 4. The van der Waals surface area contributed by atoms with Gasteiger partial charge < -0.3 is 10.5 Å². The maximum atomic E-state index is 11.2. The van der Waals surface area contributed by atoms with Gasteiger partial charge in [0.1, 0.15) is 5.82 Å². The molecule has 4 nitrogen and oxygen atoms in total. The Morgan fingerprint density at radius 2 is 1.89 bits per heavy atom. The van der Waals surface area contributed by atoms with Crippen LogP contribution >= 0.6 is 24.4 Å².